The van der Waals surface area contributed by atoms with E-state index in [-0.39, 0.29) is 61.4 Å². The van der Waals surface area contributed by atoms with Crippen LogP contribution in [0.15, 0.2) is 86.0 Å². The fraction of sp³-hybridized carbons (Fsp3) is 0.0667. The van der Waals surface area contributed by atoms with Crippen LogP contribution in [0.5, 0.6) is 0 Å². The molecule has 0 bridgehead atoms. The summed E-state index contributed by atoms with van der Waals surface area (Å²) in [5.41, 5.74) is -2.00. The Kier molecular flexibility index (Phi) is 10.6. The molecule has 0 aliphatic carbocycles. The topological polar surface area (TPSA) is 9.23 Å². The minimum Gasteiger partial charge on any atom is -0.341 e. The standard InChI is InChI=1S/C30H16Cl10O/c1-3-29(15-11-7-5-8-12-15,17-19(31)23(35)27(39)24(36)20(17)32)41-30(4-2,16-13-9-6-10-14-16)18-21(33)25(37)28(40)26(38)22(18)34/h3-14H,1-2H2. The summed E-state index contributed by atoms with van der Waals surface area (Å²) in [7, 11) is 0. The molecule has 0 aliphatic rings. The third kappa shape index (κ3) is 5.52. The average molecular weight is 747 g/mol. The second-order valence-corrected chi connectivity index (χ2v) is 12.4. The lowest BCUT2D eigenvalue weighted by atomic mass is 9.81. The Balaban J connectivity index is 2.24. The molecule has 1 nitrogen and oxygen atoms in total. The molecule has 4 aromatic carbocycles. The molecule has 0 amide bonds. The molecule has 4 aromatic rings. The average Bonchev–Trinajstić information content (AvgIpc) is 3.00. The van der Waals surface area contributed by atoms with Crippen LogP contribution in [-0.4, -0.2) is 0 Å². The Labute approximate surface area is 288 Å². The largest absolute Gasteiger partial charge is 0.341 e. The Morgan fingerprint density at radius 2 is 0.659 bits per heavy atom. The minimum atomic E-state index is -1.69. The van der Waals surface area contributed by atoms with Crippen LogP contribution in [0.3, 0.4) is 0 Å². The van der Waals surface area contributed by atoms with E-state index in [0.717, 1.165) is 0 Å². The zero-order chi connectivity index (χ0) is 30.3. The van der Waals surface area contributed by atoms with Crippen LogP contribution in [0, 0.1) is 0 Å². The van der Waals surface area contributed by atoms with Gasteiger partial charge in [-0.1, -0.05) is 202 Å². The molecule has 0 aliphatic heterocycles. The fourth-order valence-electron chi connectivity index (χ4n) is 4.52. The number of halogens is 10. The van der Waals surface area contributed by atoms with Crippen molar-refractivity contribution in [3.8, 4) is 0 Å². The van der Waals surface area contributed by atoms with Crippen molar-refractivity contribution < 1.29 is 4.74 Å². The van der Waals surface area contributed by atoms with Crippen LogP contribution in [0.4, 0.5) is 0 Å². The molecule has 0 aromatic heterocycles. The number of rotatable bonds is 8. The summed E-state index contributed by atoms with van der Waals surface area (Å²) in [4.78, 5) is 0. The Morgan fingerprint density at radius 1 is 0.415 bits per heavy atom. The summed E-state index contributed by atoms with van der Waals surface area (Å²) < 4.78 is 7.20. The van der Waals surface area contributed by atoms with Crippen molar-refractivity contribution in [2.45, 2.75) is 11.2 Å². The number of hydrogen-bond acceptors (Lipinski definition) is 1. The van der Waals surface area contributed by atoms with Gasteiger partial charge in [-0.2, -0.15) is 0 Å². The first-order chi connectivity index (χ1) is 19.4. The van der Waals surface area contributed by atoms with E-state index in [2.05, 4.69) is 13.2 Å². The second-order valence-electron chi connectivity index (χ2n) is 8.60. The molecular weight excluding hydrogens is 731 g/mol. The summed E-state index contributed by atoms with van der Waals surface area (Å²) in [5, 5.41) is -0.313. The van der Waals surface area contributed by atoms with E-state index in [1.165, 1.54) is 12.2 Å². The SMILES string of the molecule is C=CC(OC(C=C)(c1ccccc1)c1c(Cl)c(Cl)c(Cl)c(Cl)c1Cl)(c1ccccc1)c1c(Cl)c(Cl)c(Cl)c(Cl)c1Cl. The van der Waals surface area contributed by atoms with Gasteiger partial charge in [-0.05, 0) is 11.1 Å². The van der Waals surface area contributed by atoms with Gasteiger partial charge >= 0.3 is 0 Å². The molecule has 2 unspecified atom stereocenters. The highest BCUT2D eigenvalue weighted by Crippen LogP contribution is 2.57. The van der Waals surface area contributed by atoms with Crippen molar-refractivity contribution in [2.75, 3.05) is 0 Å². The van der Waals surface area contributed by atoms with Crippen molar-refractivity contribution in [1.82, 2.24) is 0 Å². The van der Waals surface area contributed by atoms with Crippen molar-refractivity contribution in [2.24, 2.45) is 0 Å². The van der Waals surface area contributed by atoms with Gasteiger partial charge in [0.05, 0.1) is 50.2 Å². The van der Waals surface area contributed by atoms with Gasteiger partial charge in [0.25, 0.3) is 0 Å². The van der Waals surface area contributed by atoms with Crippen LogP contribution >= 0.6 is 116 Å². The molecule has 0 heterocycles. The quantitative estimate of drug-likeness (QED) is 0.0991. The van der Waals surface area contributed by atoms with Crippen molar-refractivity contribution in [1.29, 1.82) is 0 Å². The summed E-state index contributed by atoms with van der Waals surface area (Å²) in [6.07, 6.45) is 3.00. The zero-order valence-corrected chi connectivity index (χ0v) is 28.1. The number of benzene rings is 4. The van der Waals surface area contributed by atoms with Gasteiger partial charge in [0.1, 0.15) is 11.2 Å². The third-order valence-corrected chi connectivity index (χ3v) is 11.0. The van der Waals surface area contributed by atoms with E-state index >= 15 is 0 Å². The smallest absolute Gasteiger partial charge is 0.141 e. The number of hydrogen-bond donors (Lipinski definition) is 0. The van der Waals surface area contributed by atoms with Gasteiger partial charge in [0.15, 0.2) is 0 Å². The molecule has 212 valence electrons. The maximum Gasteiger partial charge on any atom is 0.141 e. The first-order valence-electron chi connectivity index (χ1n) is 11.5. The summed E-state index contributed by atoms with van der Waals surface area (Å²) in [6.45, 7) is 8.23. The highest BCUT2D eigenvalue weighted by atomic mass is 35.5. The van der Waals surface area contributed by atoms with Gasteiger partial charge < -0.3 is 4.74 Å². The fourth-order valence-corrected chi connectivity index (χ4v) is 7.36. The molecule has 4 rings (SSSR count). The molecule has 0 N–H and O–H groups in total. The van der Waals surface area contributed by atoms with E-state index in [0.29, 0.717) is 11.1 Å². The molecule has 0 saturated heterocycles. The summed E-state index contributed by atoms with van der Waals surface area (Å²) in [5.74, 6) is 0. The summed E-state index contributed by atoms with van der Waals surface area (Å²) >= 11 is 66.3. The summed E-state index contributed by atoms with van der Waals surface area (Å²) in [6, 6.07) is 18.0. The molecule has 0 spiro atoms. The highest BCUT2D eigenvalue weighted by molar-refractivity contribution is 6.56. The van der Waals surface area contributed by atoms with Gasteiger partial charge in [0, 0.05) is 11.1 Å². The Bertz CT molecular complexity index is 1470. The lowest BCUT2D eigenvalue weighted by Gasteiger charge is -2.44. The lowest BCUT2D eigenvalue weighted by molar-refractivity contribution is -0.0716. The van der Waals surface area contributed by atoms with E-state index in [1.807, 2.05) is 12.1 Å². The van der Waals surface area contributed by atoms with E-state index in [9.17, 15) is 0 Å². The number of ether oxygens (including phenoxy) is 1. The Hall–Kier alpha value is -0.780. The molecule has 0 fully saturated rings. The van der Waals surface area contributed by atoms with E-state index in [4.69, 9.17) is 121 Å². The normalized spacial score (nSPS) is 14.3. The van der Waals surface area contributed by atoms with Crippen LogP contribution in [-0.2, 0) is 15.9 Å². The van der Waals surface area contributed by atoms with Crippen LogP contribution in [0.1, 0.15) is 22.3 Å². The van der Waals surface area contributed by atoms with Crippen molar-refractivity contribution in [3.05, 3.63) is 158 Å². The van der Waals surface area contributed by atoms with Crippen molar-refractivity contribution in [3.63, 3.8) is 0 Å². The molecule has 2 atom stereocenters. The molecular formula is C30H16Cl10O. The molecule has 0 radical (unpaired) electrons. The minimum absolute atomic E-state index is 0.0230. The predicted molar refractivity (Wildman–Crippen MR) is 179 cm³/mol. The third-order valence-electron chi connectivity index (χ3n) is 6.46. The lowest BCUT2D eigenvalue weighted by Crippen LogP contribution is -2.41. The molecule has 41 heavy (non-hydrogen) atoms. The van der Waals surface area contributed by atoms with Crippen LogP contribution in [0.25, 0.3) is 0 Å². The predicted octanol–water partition coefficient (Wildman–Crippen LogP) is 13.8. The monoisotopic (exact) mass is 742 g/mol. The Morgan fingerprint density at radius 3 is 0.902 bits per heavy atom. The maximum absolute atomic E-state index is 7.20. The van der Waals surface area contributed by atoms with Crippen LogP contribution in [0.2, 0.25) is 50.2 Å². The van der Waals surface area contributed by atoms with Gasteiger partial charge in [-0.15, -0.1) is 0 Å². The molecule has 11 heteroatoms. The van der Waals surface area contributed by atoms with Gasteiger partial charge in [0.2, 0.25) is 0 Å². The first kappa shape index (κ1) is 33.1. The van der Waals surface area contributed by atoms with Crippen molar-refractivity contribution >= 4 is 116 Å². The highest BCUT2D eigenvalue weighted by Gasteiger charge is 2.49. The van der Waals surface area contributed by atoms with E-state index in [1.54, 1.807) is 48.5 Å². The molecule has 0 saturated carbocycles. The van der Waals surface area contributed by atoms with Gasteiger partial charge in [-0.25, -0.2) is 0 Å². The van der Waals surface area contributed by atoms with E-state index < -0.39 is 11.2 Å². The first-order valence-corrected chi connectivity index (χ1v) is 15.3. The maximum atomic E-state index is 7.20. The zero-order valence-electron chi connectivity index (χ0n) is 20.5. The second kappa shape index (κ2) is 13.1. The van der Waals surface area contributed by atoms with Crippen LogP contribution < -0.4 is 0 Å². The van der Waals surface area contributed by atoms with Gasteiger partial charge in [-0.3, -0.25) is 0 Å².